The minimum absolute atomic E-state index is 0.572. The Bertz CT molecular complexity index is 802. The van der Waals surface area contributed by atoms with E-state index in [2.05, 4.69) is 23.2 Å². The van der Waals surface area contributed by atoms with Crippen molar-refractivity contribution in [1.82, 2.24) is 4.98 Å². The molecule has 0 atom stereocenters. The van der Waals surface area contributed by atoms with Gasteiger partial charge in [-0.25, -0.2) is 4.98 Å². The predicted molar refractivity (Wildman–Crippen MR) is 91.9 cm³/mol. The van der Waals surface area contributed by atoms with E-state index in [1.54, 1.807) is 11.8 Å². The largest absolute Gasteiger partial charge is 0.398 e. The zero-order chi connectivity index (χ0) is 14.8. The molecule has 0 bridgehead atoms. The van der Waals surface area contributed by atoms with Crippen LogP contribution in [0.25, 0.3) is 10.9 Å². The van der Waals surface area contributed by atoms with Gasteiger partial charge in [-0.15, -0.1) is 11.8 Å². The zero-order valence-corrected chi connectivity index (χ0v) is 13.2. The molecule has 0 spiro atoms. The third-order valence-electron chi connectivity index (χ3n) is 3.46. The lowest BCUT2D eigenvalue weighted by atomic mass is 10.2. The summed E-state index contributed by atoms with van der Waals surface area (Å²) in [7, 11) is 0. The first-order chi connectivity index (χ1) is 10.1. The number of hydrogen-bond acceptors (Lipinski definition) is 3. The van der Waals surface area contributed by atoms with Gasteiger partial charge < -0.3 is 5.73 Å². The van der Waals surface area contributed by atoms with Crippen LogP contribution in [-0.4, -0.2) is 4.98 Å². The second-order valence-corrected chi connectivity index (χ2v) is 6.27. The summed E-state index contributed by atoms with van der Waals surface area (Å²) in [5, 5.41) is 1.68. The third-order valence-corrected chi connectivity index (χ3v) is 5.00. The molecule has 0 aliphatic rings. The smallest absolute Gasteiger partial charge is 0.133 e. The number of nitrogen functional groups attached to an aromatic ring is 1. The van der Waals surface area contributed by atoms with Gasteiger partial charge in [0.25, 0.3) is 0 Å². The van der Waals surface area contributed by atoms with E-state index in [0.29, 0.717) is 5.15 Å². The number of nitrogens with zero attached hydrogens (tertiary/aromatic N) is 1. The van der Waals surface area contributed by atoms with Crippen molar-refractivity contribution in [3.05, 3.63) is 64.8 Å². The van der Waals surface area contributed by atoms with Gasteiger partial charge in [-0.1, -0.05) is 35.9 Å². The van der Waals surface area contributed by atoms with Gasteiger partial charge in [-0.3, -0.25) is 0 Å². The van der Waals surface area contributed by atoms with Crippen LogP contribution in [0.3, 0.4) is 0 Å². The molecule has 1 heterocycles. The van der Waals surface area contributed by atoms with Crippen LogP contribution in [0.2, 0.25) is 5.15 Å². The fraction of sp³-hybridized carbons (Fsp3) is 0.118. The highest BCUT2D eigenvalue weighted by molar-refractivity contribution is 7.98. The van der Waals surface area contributed by atoms with Crippen LogP contribution < -0.4 is 5.73 Å². The van der Waals surface area contributed by atoms with E-state index in [0.717, 1.165) is 33.5 Å². The monoisotopic (exact) mass is 314 g/mol. The van der Waals surface area contributed by atoms with Crippen LogP contribution in [0.5, 0.6) is 0 Å². The van der Waals surface area contributed by atoms with E-state index in [9.17, 15) is 0 Å². The second kappa shape index (κ2) is 5.96. The van der Waals surface area contributed by atoms with Gasteiger partial charge in [0.1, 0.15) is 5.15 Å². The van der Waals surface area contributed by atoms with Gasteiger partial charge in [0, 0.05) is 27.3 Å². The first kappa shape index (κ1) is 14.2. The lowest BCUT2D eigenvalue weighted by Crippen LogP contribution is -1.92. The molecule has 3 rings (SSSR count). The molecule has 4 heteroatoms. The van der Waals surface area contributed by atoms with E-state index >= 15 is 0 Å². The molecule has 2 N–H and O–H groups in total. The van der Waals surface area contributed by atoms with Gasteiger partial charge in [0.15, 0.2) is 0 Å². The zero-order valence-electron chi connectivity index (χ0n) is 11.6. The Labute approximate surface area is 133 Å². The van der Waals surface area contributed by atoms with E-state index < -0.39 is 0 Å². The molecule has 0 unspecified atom stereocenters. The van der Waals surface area contributed by atoms with Crippen LogP contribution in [-0.2, 0) is 5.75 Å². The summed E-state index contributed by atoms with van der Waals surface area (Å²) in [5.41, 5.74) is 9.85. The molecule has 21 heavy (non-hydrogen) atoms. The third kappa shape index (κ3) is 2.99. The van der Waals surface area contributed by atoms with Crippen molar-refractivity contribution in [2.24, 2.45) is 0 Å². The average molecular weight is 315 g/mol. The van der Waals surface area contributed by atoms with Crippen molar-refractivity contribution in [1.29, 1.82) is 0 Å². The van der Waals surface area contributed by atoms with Crippen molar-refractivity contribution in [3.63, 3.8) is 0 Å². The average Bonchev–Trinajstić information content (AvgIpc) is 2.49. The van der Waals surface area contributed by atoms with Crippen molar-refractivity contribution < 1.29 is 0 Å². The number of aromatic nitrogens is 1. The Morgan fingerprint density at radius 3 is 2.81 bits per heavy atom. The summed E-state index contributed by atoms with van der Waals surface area (Å²) in [6.45, 7) is 2.04. The van der Waals surface area contributed by atoms with Gasteiger partial charge >= 0.3 is 0 Å². The van der Waals surface area contributed by atoms with Crippen LogP contribution in [0.15, 0.2) is 53.4 Å². The minimum Gasteiger partial charge on any atom is -0.398 e. The molecule has 0 saturated heterocycles. The molecular weight excluding hydrogens is 300 g/mol. The highest BCUT2D eigenvalue weighted by atomic mass is 35.5. The molecule has 1 aromatic heterocycles. The first-order valence-electron chi connectivity index (χ1n) is 6.67. The number of rotatable bonds is 3. The lowest BCUT2D eigenvalue weighted by Gasteiger charge is -2.09. The fourth-order valence-electron chi connectivity index (χ4n) is 2.18. The lowest BCUT2D eigenvalue weighted by molar-refractivity contribution is 1.27. The number of nitrogens with two attached hydrogens (primary N) is 1. The van der Waals surface area contributed by atoms with Crippen molar-refractivity contribution >= 4 is 40.0 Å². The molecule has 2 aromatic carbocycles. The van der Waals surface area contributed by atoms with E-state index in [1.807, 2.05) is 37.3 Å². The molecule has 106 valence electrons. The van der Waals surface area contributed by atoms with Crippen molar-refractivity contribution in [2.75, 3.05) is 5.73 Å². The SMILES string of the molecule is Cc1c(N)cccc1SCc1cc2ccccc2nc1Cl. The normalized spacial score (nSPS) is 11.0. The molecule has 0 aliphatic carbocycles. The summed E-state index contributed by atoms with van der Waals surface area (Å²) in [4.78, 5) is 5.64. The number of halogens is 1. The Morgan fingerprint density at radius 2 is 1.95 bits per heavy atom. The second-order valence-electron chi connectivity index (χ2n) is 4.89. The Morgan fingerprint density at radius 1 is 1.14 bits per heavy atom. The van der Waals surface area contributed by atoms with E-state index in [1.165, 1.54) is 4.90 Å². The molecule has 0 radical (unpaired) electrons. The van der Waals surface area contributed by atoms with Gasteiger partial charge in [0.2, 0.25) is 0 Å². The van der Waals surface area contributed by atoms with E-state index in [4.69, 9.17) is 17.3 Å². The number of anilines is 1. The number of pyridine rings is 1. The topological polar surface area (TPSA) is 38.9 Å². The summed E-state index contributed by atoms with van der Waals surface area (Å²) < 4.78 is 0. The highest BCUT2D eigenvalue weighted by Gasteiger charge is 2.07. The number of para-hydroxylation sites is 1. The van der Waals surface area contributed by atoms with Crippen molar-refractivity contribution in [3.8, 4) is 0 Å². The van der Waals surface area contributed by atoms with Crippen LogP contribution in [0.4, 0.5) is 5.69 Å². The molecule has 0 amide bonds. The maximum absolute atomic E-state index is 6.29. The number of thioether (sulfide) groups is 1. The number of fused-ring (bicyclic) bond motifs is 1. The molecule has 0 fully saturated rings. The molecule has 2 nitrogen and oxygen atoms in total. The summed E-state index contributed by atoms with van der Waals surface area (Å²) in [5.74, 6) is 0.779. The Kier molecular flexibility index (Phi) is 4.04. The fourth-order valence-corrected chi connectivity index (χ4v) is 3.51. The van der Waals surface area contributed by atoms with E-state index in [-0.39, 0.29) is 0 Å². The minimum atomic E-state index is 0.572. The number of hydrogen-bond donors (Lipinski definition) is 1. The number of benzene rings is 2. The van der Waals surface area contributed by atoms with Crippen molar-refractivity contribution in [2.45, 2.75) is 17.6 Å². The molecular formula is C17H15ClN2S. The molecule has 3 aromatic rings. The first-order valence-corrected chi connectivity index (χ1v) is 8.03. The Hall–Kier alpha value is -1.71. The quantitative estimate of drug-likeness (QED) is 0.416. The predicted octanol–water partition coefficient (Wildman–Crippen LogP) is 5.07. The maximum Gasteiger partial charge on any atom is 0.133 e. The maximum atomic E-state index is 6.29. The Balaban J connectivity index is 1.88. The summed E-state index contributed by atoms with van der Waals surface area (Å²) >= 11 is 8.02. The standard InChI is InChI=1S/C17H15ClN2S/c1-11-14(19)6-4-8-16(11)21-10-13-9-12-5-2-3-7-15(12)20-17(13)18/h2-9H,10,19H2,1H3. The van der Waals surface area contributed by atoms with Gasteiger partial charge in [-0.05, 0) is 36.8 Å². The molecule has 0 saturated carbocycles. The van der Waals surface area contributed by atoms with Crippen LogP contribution in [0, 0.1) is 6.92 Å². The highest BCUT2D eigenvalue weighted by Crippen LogP contribution is 2.31. The van der Waals surface area contributed by atoms with Crippen LogP contribution in [0.1, 0.15) is 11.1 Å². The summed E-state index contributed by atoms with van der Waals surface area (Å²) in [6, 6.07) is 16.1. The van der Waals surface area contributed by atoms with Crippen LogP contribution >= 0.6 is 23.4 Å². The van der Waals surface area contributed by atoms with Gasteiger partial charge in [-0.2, -0.15) is 0 Å². The molecule has 0 aliphatic heterocycles. The summed E-state index contributed by atoms with van der Waals surface area (Å²) in [6.07, 6.45) is 0. The van der Waals surface area contributed by atoms with Gasteiger partial charge in [0.05, 0.1) is 5.52 Å².